The van der Waals surface area contributed by atoms with Crippen molar-refractivity contribution in [3.63, 3.8) is 0 Å². The number of esters is 1. The molecular weight excluding hydrogens is 404 g/mol. The molecular formula is C25H32N4O3. The Bertz CT molecular complexity index is 981. The minimum absolute atomic E-state index is 0.197. The molecule has 5 rings (SSSR count). The molecule has 170 valence electrons. The number of carbonyl (C=O) groups excluding carboxylic acids is 1. The molecule has 2 aliphatic heterocycles. The average molecular weight is 437 g/mol. The van der Waals surface area contributed by atoms with Gasteiger partial charge in [-0.3, -0.25) is 9.80 Å². The SMILES string of the molecule is COC(=O)c1cc(-c2ccc3c(c2)CCC3N2CCC(N3CCOCC3)CC2)cnc1N. The van der Waals surface area contributed by atoms with Gasteiger partial charge in [0.25, 0.3) is 0 Å². The first kappa shape index (κ1) is 21.4. The first-order valence-corrected chi connectivity index (χ1v) is 11.7. The molecule has 7 nitrogen and oxygen atoms in total. The van der Waals surface area contributed by atoms with Gasteiger partial charge in [-0.1, -0.05) is 18.2 Å². The first-order valence-electron chi connectivity index (χ1n) is 11.7. The number of likely N-dealkylation sites (tertiary alicyclic amines) is 1. The van der Waals surface area contributed by atoms with Crippen molar-refractivity contribution in [3.05, 3.63) is 47.2 Å². The van der Waals surface area contributed by atoms with Crippen molar-refractivity contribution in [1.82, 2.24) is 14.8 Å². The Morgan fingerprint density at radius 3 is 2.59 bits per heavy atom. The third kappa shape index (κ3) is 4.12. The number of nitrogens with zero attached hydrogens (tertiary/aromatic N) is 3. The lowest BCUT2D eigenvalue weighted by molar-refractivity contribution is -0.00335. The number of ether oxygens (including phenoxy) is 2. The number of carbonyl (C=O) groups is 1. The van der Waals surface area contributed by atoms with Crippen LogP contribution in [-0.4, -0.2) is 73.3 Å². The van der Waals surface area contributed by atoms with Crippen molar-refractivity contribution < 1.29 is 14.3 Å². The number of hydrogen-bond donors (Lipinski definition) is 1. The summed E-state index contributed by atoms with van der Waals surface area (Å²) >= 11 is 0. The van der Waals surface area contributed by atoms with Gasteiger partial charge in [0.1, 0.15) is 11.4 Å². The smallest absolute Gasteiger partial charge is 0.341 e. The van der Waals surface area contributed by atoms with Crippen LogP contribution in [0.4, 0.5) is 5.82 Å². The van der Waals surface area contributed by atoms with Crippen LogP contribution in [0.25, 0.3) is 11.1 Å². The van der Waals surface area contributed by atoms with E-state index in [4.69, 9.17) is 15.2 Å². The van der Waals surface area contributed by atoms with Gasteiger partial charge in [-0.05, 0) is 48.4 Å². The van der Waals surface area contributed by atoms with Gasteiger partial charge >= 0.3 is 5.97 Å². The van der Waals surface area contributed by atoms with Crippen LogP contribution in [0.1, 0.15) is 46.8 Å². The summed E-state index contributed by atoms with van der Waals surface area (Å²) in [5.41, 5.74) is 11.0. The molecule has 2 saturated heterocycles. The van der Waals surface area contributed by atoms with Crippen LogP contribution < -0.4 is 5.73 Å². The van der Waals surface area contributed by atoms with Crippen LogP contribution in [0.15, 0.2) is 30.5 Å². The number of fused-ring (bicyclic) bond motifs is 1. The number of pyridine rings is 1. The quantitative estimate of drug-likeness (QED) is 0.738. The molecule has 0 amide bonds. The van der Waals surface area contributed by atoms with E-state index >= 15 is 0 Å². The molecule has 2 fully saturated rings. The fourth-order valence-electron chi connectivity index (χ4n) is 5.57. The normalized spacial score (nSPS) is 22.6. The molecule has 0 spiro atoms. The topological polar surface area (TPSA) is 80.9 Å². The van der Waals surface area contributed by atoms with Gasteiger partial charge < -0.3 is 15.2 Å². The molecule has 2 N–H and O–H groups in total. The third-order valence-electron chi connectivity index (χ3n) is 7.35. The van der Waals surface area contributed by atoms with Crippen LogP contribution in [0, 0.1) is 0 Å². The van der Waals surface area contributed by atoms with Gasteiger partial charge in [0.2, 0.25) is 0 Å². The number of nitrogens with two attached hydrogens (primary N) is 1. The zero-order chi connectivity index (χ0) is 22.1. The zero-order valence-corrected chi connectivity index (χ0v) is 18.8. The van der Waals surface area contributed by atoms with Crippen molar-refractivity contribution in [3.8, 4) is 11.1 Å². The van der Waals surface area contributed by atoms with Crippen molar-refractivity contribution in [2.45, 2.75) is 37.8 Å². The maximum absolute atomic E-state index is 12.0. The summed E-state index contributed by atoms with van der Waals surface area (Å²) < 4.78 is 10.4. The monoisotopic (exact) mass is 436 g/mol. The van der Waals surface area contributed by atoms with E-state index in [1.165, 1.54) is 37.5 Å². The highest BCUT2D eigenvalue weighted by atomic mass is 16.5. The second-order valence-corrected chi connectivity index (χ2v) is 9.03. The summed E-state index contributed by atoms with van der Waals surface area (Å²) in [7, 11) is 1.35. The molecule has 1 unspecified atom stereocenters. The Balaban J connectivity index is 1.29. The number of anilines is 1. The van der Waals surface area contributed by atoms with E-state index < -0.39 is 5.97 Å². The van der Waals surface area contributed by atoms with Crippen LogP contribution in [-0.2, 0) is 15.9 Å². The molecule has 3 aliphatic rings. The molecule has 0 saturated carbocycles. The van der Waals surface area contributed by atoms with Crippen LogP contribution in [0.5, 0.6) is 0 Å². The standard InChI is InChI=1S/C25H32N4O3/c1-31-25(30)22-15-19(16-27-24(22)26)17-2-4-21-18(14-17)3-5-23(21)29-8-6-20(7-9-29)28-10-12-32-13-11-28/h2,4,14-16,20,23H,3,5-13H2,1H3,(H2,26,27). The Hall–Kier alpha value is -2.48. The first-order chi connectivity index (χ1) is 15.6. The number of nitrogen functional groups attached to an aromatic ring is 1. The Morgan fingerprint density at radius 2 is 1.84 bits per heavy atom. The Kier molecular flexibility index (Phi) is 6.13. The number of aromatic nitrogens is 1. The number of hydrogen-bond acceptors (Lipinski definition) is 7. The molecule has 2 aromatic rings. The summed E-state index contributed by atoms with van der Waals surface area (Å²) in [6.45, 7) is 6.25. The number of aryl methyl sites for hydroxylation is 1. The predicted molar refractivity (Wildman–Crippen MR) is 123 cm³/mol. The fraction of sp³-hybridized carbons (Fsp3) is 0.520. The molecule has 0 radical (unpaired) electrons. The third-order valence-corrected chi connectivity index (χ3v) is 7.35. The van der Waals surface area contributed by atoms with Crippen molar-refractivity contribution in [2.75, 3.05) is 52.2 Å². The number of morpholine rings is 1. The van der Waals surface area contributed by atoms with E-state index in [9.17, 15) is 4.79 Å². The molecule has 1 aromatic heterocycles. The van der Waals surface area contributed by atoms with Crippen molar-refractivity contribution in [2.24, 2.45) is 0 Å². The second kappa shape index (κ2) is 9.17. The number of piperidine rings is 1. The lowest BCUT2D eigenvalue weighted by Crippen LogP contribution is -2.49. The van der Waals surface area contributed by atoms with Gasteiger partial charge in [0, 0.05) is 50.0 Å². The summed E-state index contributed by atoms with van der Waals surface area (Å²) in [5.74, 6) is -0.263. The van der Waals surface area contributed by atoms with E-state index in [2.05, 4.69) is 33.0 Å². The molecule has 32 heavy (non-hydrogen) atoms. The number of methoxy groups -OCH3 is 1. The number of benzene rings is 1. The molecule has 1 atom stereocenters. The zero-order valence-electron chi connectivity index (χ0n) is 18.8. The largest absolute Gasteiger partial charge is 0.465 e. The Morgan fingerprint density at radius 1 is 1.06 bits per heavy atom. The summed E-state index contributed by atoms with van der Waals surface area (Å²) in [4.78, 5) is 21.5. The van der Waals surface area contributed by atoms with Gasteiger partial charge in [0.15, 0.2) is 0 Å². The van der Waals surface area contributed by atoms with Gasteiger partial charge in [0.05, 0.1) is 20.3 Å². The van der Waals surface area contributed by atoms with Gasteiger partial charge in [-0.25, -0.2) is 9.78 Å². The second-order valence-electron chi connectivity index (χ2n) is 9.03. The highest BCUT2D eigenvalue weighted by molar-refractivity contribution is 5.95. The van der Waals surface area contributed by atoms with E-state index in [1.54, 1.807) is 12.3 Å². The summed E-state index contributed by atoms with van der Waals surface area (Å²) in [6, 6.07) is 9.67. The van der Waals surface area contributed by atoms with Crippen LogP contribution in [0.2, 0.25) is 0 Å². The summed E-state index contributed by atoms with van der Waals surface area (Å²) in [5, 5.41) is 0. The van der Waals surface area contributed by atoms with Crippen LogP contribution >= 0.6 is 0 Å². The molecule has 7 heteroatoms. The summed E-state index contributed by atoms with van der Waals surface area (Å²) in [6.07, 6.45) is 6.49. The van der Waals surface area contributed by atoms with E-state index in [1.807, 2.05) is 0 Å². The van der Waals surface area contributed by atoms with E-state index in [0.29, 0.717) is 17.6 Å². The lowest BCUT2D eigenvalue weighted by atomic mass is 9.97. The highest BCUT2D eigenvalue weighted by Crippen LogP contribution is 2.39. The Labute approximate surface area is 189 Å². The number of rotatable bonds is 4. The maximum atomic E-state index is 12.0. The maximum Gasteiger partial charge on any atom is 0.341 e. The fourth-order valence-corrected chi connectivity index (χ4v) is 5.57. The molecule has 3 heterocycles. The lowest BCUT2D eigenvalue weighted by Gasteiger charge is -2.42. The predicted octanol–water partition coefficient (Wildman–Crippen LogP) is 2.90. The minimum atomic E-state index is -0.460. The van der Waals surface area contributed by atoms with E-state index in [-0.39, 0.29) is 5.82 Å². The highest BCUT2D eigenvalue weighted by Gasteiger charge is 2.33. The van der Waals surface area contributed by atoms with Gasteiger partial charge in [-0.15, -0.1) is 0 Å². The van der Waals surface area contributed by atoms with Gasteiger partial charge in [-0.2, -0.15) is 0 Å². The minimum Gasteiger partial charge on any atom is -0.465 e. The molecule has 1 aliphatic carbocycles. The average Bonchev–Trinajstić information content (AvgIpc) is 3.28. The van der Waals surface area contributed by atoms with Crippen molar-refractivity contribution >= 4 is 11.8 Å². The van der Waals surface area contributed by atoms with Crippen LogP contribution in [0.3, 0.4) is 0 Å². The molecule has 0 bridgehead atoms. The molecule has 1 aromatic carbocycles. The van der Waals surface area contributed by atoms with Crippen molar-refractivity contribution in [1.29, 1.82) is 0 Å². The van der Waals surface area contributed by atoms with E-state index in [0.717, 1.165) is 56.9 Å².